The maximum absolute atomic E-state index is 13.4. The van der Waals surface area contributed by atoms with Gasteiger partial charge in [0.2, 0.25) is 21.8 Å². The summed E-state index contributed by atoms with van der Waals surface area (Å²) in [5.41, 5.74) is 1.11. The number of hydrogen-bond donors (Lipinski definition) is 1. The van der Waals surface area contributed by atoms with Gasteiger partial charge in [-0.2, -0.15) is 0 Å². The highest BCUT2D eigenvalue weighted by Gasteiger charge is 2.30. The summed E-state index contributed by atoms with van der Waals surface area (Å²) < 4.78 is 26.0. The van der Waals surface area contributed by atoms with Gasteiger partial charge in [-0.05, 0) is 44.0 Å². The van der Waals surface area contributed by atoms with E-state index in [2.05, 4.69) is 5.32 Å². The molecule has 2 amide bonds. The monoisotopic (exact) mass is 479 g/mol. The fourth-order valence-corrected chi connectivity index (χ4v) is 4.10. The van der Waals surface area contributed by atoms with E-state index in [4.69, 9.17) is 11.6 Å². The number of halogens is 1. The lowest BCUT2D eigenvalue weighted by Gasteiger charge is -2.32. The van der Waals surface area contributed by atoms with E-state index < -0.39 is 28.5 Å². The van der Waals surface area contributed by atoms with Crippen molar-refractivity contribution in [3.63, 3.8) is 0 Å². The molecular weight excluding hydrogens is 450 g/mol. The van der Waals surface area contributed by atoms with Crippen LogP contribution < -0.4 is 9.62 Å². The van der Waals surface area contributed by atoms with Gasteiger partial charge in [0.05, 0.1) is 11.9 Å². The zero-order valence-electron chi connectivity index (χ0n) is 18.8. The standard InChI is InChI=1S/C23H30ClN3O4S/c1-5-17(2)25-23(29)18(3)26(15-19-10-7-6-8-11-19)22(28)16-27(32(4,30)31)21-13-9-12-20(24)14-21/h6-14,17-18H,5,15-16H2,1-4H3,(H,25,29)/t17-,18+/m1/s1. The molecule has 0 heterocycles. The van der Waals surface area contributed by atoms with Crippen molar-refractivity contribution in [3.8, 4) is 0 Å². The van der Waals surface area contributed by atoms with Gasteiger partial charge in [0.15, 0.2) is 0 Å². The Bertz CT molecular complexity index is 1030. The van der Waals surface area contributed by atoms with Crippen LogP contribution in [0.3, 0.4) is 0 Å². The molecule has 0 aliphatic carbocycles. The van der Waals surface area contributed by atoms with E-state index in [1.165, 1.54) is 11.0 Å². The highest BCUT2D eigenvalue weighted by molar-refractivity contribution is 7.92. The topological polar surface area (TPSA) is 86.8 Å². The van der Waals surface area contributed by atoms with Crippen LogP contribution >= 0.6 is 11.6 Å². The van der Waals surface area contributed by atoms with E-state index in [0.29, 0.717) is 5.02 Å². The molecule has 0 aliphatic rings. The highest BCUT2D eigenvalue weighted by Crippen LogP contribution is 2.22. The first kappa shape index (κ1) is 25.7. The SMILES string of the molecule is CC[C@@H](C)NC(=O)[C@H](C)N(Cc1ccccc1)C(=O)CN(c1cccc(Cl)c1)S(C)(=O)=O. The van der Waals surface area contributed by atoms with Crippen molar-refractivity contribution in [2.24, 2.45) is 0 Å². The Balaban J connectivity index is 2.35. The van der Waals surface area contributed by atoms with Gasteiger partial charge in [0.25, 0.3) is 0 Å². The fraction of sp³-hybridized carbons (Fsp3) is 0.391. The number of rotatable bonds is 10. The zero-order chi connectivity index (χ0) is 23.9. The van der Waals surface area contributed by atoms with E-state index in [9.17, 15) is 18.0 Å². The molecule has 2 atom stereocenters. The number of sulfonamides is 1. The molecule has 2 rings (SSSR count). The molecule has 0 aromatic heterocycles. The van der Waals surface area contributed by atoms with Crippen LogP contribution in [0.25, 0.3) is 0 Å². The maximum atomic E-state index is 13.4. The average Bonchev–Trinajstić information content (AvgIpc) is 2.74. The minimum atomic E-state index is -3.78. The third-order valence-corrected chi connectivity index (χ3v) is 6.52. The van der Waals surface area contributed by atoms with Crippen LogP contribution in [0.1, 0.15) is 32.8 Å². The number of hydrogen-bond acceptors (Lipinski definition) is 4. The van der Waals surface area contributed by atoms with Crippen LogP contribution in [0, 0.1) is 0 Å². The molecule has 2 aromatic carbocycles. The van der Waals surface area contributed by atoms with Crippen LogP contribution in [-0.2, 0) is 26.2 Å². The molecule has 0 unspecified atom stereocenters. The van der Waals surface area contributed by atoms with Crippen molar-refractivity contribution in [1.82, 2.24) is 10.2 Å². The van der Waals surface area contributed by atoms with E-state index in [1.807, 2.05) is 44.2 Å². The Hall–Kier alpha value is -2.58. The third kappa shape index (κ3) is 7.24. The second-order valence-electron chi connectivity index (χ2n) is 7.75. The summed E-state index contributed by atoms with van der Waals surface area (Å²) in [6, 6.07) is 14.7. The Morgan fingerprint density at radius 2 is 1.72 bits per heavy atom. The molecule has 0 saturated heterocycles. The predicted molar refractivity (Wildman–Crippen MR) is 128 cm³/mol. The Morgan fingerprint density at radius 1 is 1.06 bits per heavy atom. The second kappa shape index (κ2) is 11.3. The fourth-order valence-electron chi connectivity index (χ4n) is 3.07. The molecule has 1 N–H and O–H groups in total. The quantitative estimate of drug-likeness (QED) is 0.565. The van der Waals surface area contributed by atoms with Gasteiger partial charge in [0, 0.05) is 17.6 Å². The average molecular weight is 480 g/mol. The van der Waals surface area contributed by atoms with Crippen molar-refractivity contribution in [2.45, 2.75) is 45.8 Å². The predicted octanol–water partition coefficient (Wildman–Crippen LogP) is 3.44. The summed E-state index contributed by atoms with van der Waals surface area (Å²) in [4.78, 5) is 27.6. The van der Waals surface area contributed by atoms with Gasteiger partial charge in [-0.3, -0.25) is 13.9 Å². The Morgan fingerprint density at radius 3 is 2.28 bits per heavy atom. The molecule has 0 aliphatic heterocycles. The second-order valence-corrected chi connectivity index (χ2v) is 10.1. The third-order valence-electron chi connectivity index (χ3n) is 5.14. The number of benzene rings is 2. The maximum Gasteiger partial charge on any atom is 0.244 e. The number of anilines is 1. The van der Waals surface area contributed by atoms with Gasteiger partial charge in [0.1, 0.15) is 12.6 Å². The molecule has 0 bridgehead atoms. The number of carbonyl (C=O) groups is 2. The summed E-state index contributed by atoms with van der Waals surface area (Å²) >= 11 is 6.03. The molecule has 0 spiro atoms. The highest BCUT2D eigenvalue weighted by atomic mass is 35.5. The van der Waals surface area contributed by atoms with Gasteiger partial charge in [-0.25, -0.2) is 8.42 Å². The number of amides is 2. The van der Waals surface area contributed by atoms with Gasteiger partial charge < -0.3 is 10.2 Å². The van der Waals surface area contributed by atoms with Crippen molar-refractivity contribution in [3.05, 3.63) is 65.2 Å². The first-order valence-corrected chi connectivity index (χ1v) is 12.6. The van der Waals surface area contributed by atoms with Gasteiger partial charge >= 0.3 is 0 Å². The van der Waals surface area contributed by atoms with Gasteiger partial charge in [-0.15, -0.1) is 0 Å². The van der Waals surface area contributed by atoms with Crippen molar-refractivity contribution in [1.29, 1.82) is 0 Å². The minimum absolute atomic E-state index is 0.0439. The molecular formula is C23H30ClN3O4S. The molecule has 9 heteroatoms. The summed E-state index contributed by atoms with van der Waals surface area (Å²) in [5, 5.41) is 3.24. The normalized spacial score (nSPS) is 13.2. The molecule has 32 heavy (non-hydrogen) atoms. The molecule has 0 fully saturated rings. The van der Waals surface area contributed by atoms with Crippen LogP contribution in [0.4, 0.5) is 5.69 Å². The van der Waals surface area contributed by atoms with Crippen molar-refractivity contribution >= 4 is 39.1 Å². The Kier molecular flexibility index (Phi) is 9.09. The van der Waals surface area contributed by atoms with Crippen molar-refractivity contribution in [2.75, 3.05) is 17.1 Å². The molecule has 2 aromatic rings. The Labute approximate surface area is 195 Å². The number of carbonyl (C=O) groups excluding carboxylic acids is 2. The minimum Gasteiger partial charge on any atom is -0.352 e. The van der Waals surface area contributed by atoms with Crippen LogP contribution in [-0.4, -0.2) is 50.0 Å². The van der Waals surface area contributed by atoms with E-state index in [0.717, 1.165) is 22.5 Å². The van der Waals surface area contributed by atoms with Gasteiger partial charge in [-0.1, -0.05) is 54.9 Å². The smallest absolute Gasteiger partial charge is 0.244 e. The first-order valence-electron chi connectivity index (χ1n) is 10.4. The van der Waals surface area contributed by atoms with Crippen LogP contribution in [0.5, 0.6) is 0 Å². The van der Waals surface area contributed by atoms with Crippen LogP contribution in [0.2, 0.25) is 5.02 Å². The number of nitrogens with zero attached hydrogens (tertiary/aromatic N) is 2. The molecule has 174 valence electrons. The zero-order valence-corrected chi connectivity index (χ0v) is 20.4. The lowest BCUT2D eigenvalue weighted by Crippen LogP contribution is -2.52. The number of nitrogens with one attached hydrogen (secondary N) is 1. The first-order chi connectivity index (χ1) is 15.0. The van der Waals surface area contributed by atoms with E-state index >= 15 is 0 Å². The molecule has 0 saturated carbocycles. The van der Waals surface area contributed by atoms with Crippen molar-refractivity contribution < 1.29 is 18.0 Å². The van der Waals surface area contributed by atoms with Crippen LogP contribution in [0.15, 0.2) is 54.6 Å². The summed E-state index contributed by atoms with van der Waals surface area (Å²) in [5.74, 6) is -0.789. The van der Waals surface area contributed by atoms with E-state index in [1.54, 1.807) is 25.1 Å². The largest absolute Gasteiger partial charge is 0.352 e. The summed E-state index contributed by atoms with van der Waals surface area (Å²) in [7, 11) is -3.78. The lowest BCUT2D eigenvalue weighted by atomic mass is 10.1. The lowest BCUT2D eigenvalue weighted by molar-refractivity contribution is -0.139. The molecule has 7 nitrogen and oxygen atoms in total. The molecule has 0 radical (unpaired) electrons. The van der Waals surface area contributed by atoms with E-state index in [-0.39, 0.29) is 24.2 Å². The summed E-state index contributed by atoms with van der Waals surface area (Å²) in [6.07, 6.45) is 1.78. The summed E-state index contributed by atoms with van der Waals surface area (Å²) in [6.45, 7) is 5.20.